The number of alkyl halides is 3. The molecule has 7 nitrogen and oxygen atoms in total. The van der Waals surface area contributed by atoms with Gasteiger partial charge >= 0.3 is 6.18 Å². The Morgan fingerprint density at radius 1 is 1.19 bits per heavy atom. The summed E-state index contributed by atoms with van der Waals surface area (Å²) in [4.78, 5) is 0.145. The van der Waals surface area contributed by atoms with Gasteiger partial charge in [-0.05, 0) is 39.7 Å². The summed E-state index contributed by atoms with van der Waals surface area (Å²) in [6.07, 6.45) is -4.50. The first kappa shape index (κ1) is 21.4. The standard InChI is InChI=1S/C16H24F3N5O2S/c1-6-23-13(5)15(12(4)21-23)27(25,26)20-8-10(2)9-24-11(3)7-14(22-24)16(17,18)19/h7,10,20H,6,8-9H2,1-5H3/t10-/m0/s1. The number of sulfonamides is 1. The lowest BCUT2D eigenvalue weighted by molar-refractivity contribution is -0.141. The smallest absolute Gasteiger partial charge is 0.269 e. The molecule has 0 spiro atoms. The van der Waals surface area contributed by atoms with Gasteiger partial charge in [-0.15, -0.1) is 0 Å². The largest absolute Gasteiger partial charge is 0.435 e. The van der Waals surface area contributed by atoms with Crippen LogP contribution in [0.4, 0.5) is 13.2 Å². The van der Waals surface area contributed by atoms with Gasteiger partial charge in [-0.3, -0.25) is 9.36 Å². The molecule has 0 saturated heterocycles. The van der Waals surface area contributed by atoms with Gasteiger partial charge in [0.15, 0.2) is 5.69 Å². The first-order chi connectivity index (χ1) is 12.4. The summed E-state index contributed by atoms with van der Waals surface area (Å²) in [6.45, 7) is 9.24. The maximum Gasteiger partial charge on any atom is 0.435 e. The van der Waals surface area contributed by atoms with Crippen molar-refractivity contribution in [3.8, 4) is 0 Å². The molecule has 0 amide bonds. The fourth-order valence-electron chi connectivity index (χ4n) is 2.89. The lowest BCUT2D eigenvalue weighted by Crippen LogP contribution is -2.31. The number of nitrogens with zero attached hydrogens (tertiary/aromatic N) is 4. The van der Waals surface area contributed by atoms with E-state index in [1.807, 2.05) is 6.92 Å². The lowest BCUT2D eigenvalue weighted by Gasteiger charge is -2.14. The Morgan fingerprint density at radius 2 is 1.81 bits per heavy atom. The third-order valence-corrected chi connectivity index (χ3v) is 5.94. The minimum Gasteiger partial charge on any atom is -0.269 e. The molecule has 11 heteroatoms. The van der Waals surface area contributed by atoms with Crippen LogP contribution >= 0.6 is 0 Å². The summed E-state index contributed by atoms with van der Waals surface area (Å²) >= 11 is 0. The molecule has 0 unspecified atom stereocenters. The Morgan fingerprint density at radius 3 is 2.30 bits per heavy atom. The minimum absolute atomic E-state index is 0.0686. The predicted octanol–water partition coefficient (Wildman–Crippen LogP) is 2.66. The van der Waals surface area contributed by atoms with Crippen molar-refractivity contribution in [2.75, 3.05) is 6.54 Å². The maximum absolute atomic E-state index is 12.7. The Hall–Kier alpha value is -1.88. The van der Waals surface area contributed by atoms with Gasteiger partial charge in [-0.1, -0.05) is 6.92 Å². The Bertz CT molecular complexity index is 915. The third kappa shape index (κ3) is 4.70. The first-order valence-electron chi connectivity index (χ1n) is 8.52. The van der Waals surface area contributed by atoms with Crippen LogP contribution in [0.1, 0.15) is 36.6 Å². The molecule has 0 saturated carbocycles. The van der Waals surface area contributed by atoms with Gasteiger partial charge in [-0.2, -0.15) is 23.4 Å². The first-order valence-corrected chi connectivity index (χ1v) is 10.0. The van der Waals surface area contributed by atoms with E-state index in [-0.39, 0.29) is 23.9 Å². The monoisotopic (exact) mass is 407 g/mol. The molecule has 0 aromatic carbocycles. The minimum atomic E-state index is -4.50. The van der Waals surface area contributed by atoms with Crippen LogP contribution in [0.25, 0.3) is 0 Å². The van der Waals surface area contributed by atoms with E-state index in [0.717, 1.165) is 6.07 Å². The molecule has 0 fully saturated rings. The molecule has 2 aromatic heterocycles. The van der Waals surface area contributed by atoms with Crippen molar-refractivity contribution >= 4 is 10.0 Å². The maximum atomic E-state index is 12.7. The summed E-state index contributed by atoms with van der Waals surface area (Å²) < 4.78 is 68.9. The van der Waals surface area contributed by atoms with E-state index < -0.39 is 21.9 Å². The van der Waals surface area contributed by atoms with E-state index in [2.05, 4.69) is 14.9 Å². The van der Waals surface area contributed by atoms with Crippen LogP contribution < -0.4 is 4.72 Å². The van der Waals surface area contributed by atoms with E-state index in [1.165, 1.54) is 11.6 Å². The molecule has 1 atom stereocenters. The highest BCUT2D eigenvalue weighted by atomic mass is 32.2. The zero-order chi connectivity index (χ0) is 20.6. The van der Waals surface area contributed by atoms with E-state index in [0.29, 0.717) is 23.6 Å². The predicted molar refractivity (Wildman–Crippen MR) is 93.7 cm³/mol. The number of rotatable bonds is 7. The summed E-state index contributed by atoms with van der Waals surface area (Å²) in [5, 5.41) is 7.77. The molecular weight excluding hydrogens is 383 g/mol. The van der Waals surface area contributed by atoms with E-state index in [1.54, 1.807) is 25.5 Å². The van der Waals surface area contributed by atoms with Gasteiger partial charge in [0.25, 0.3) is 0 Å². The fraction of sp³-hybridized carbons (Fsp3) is 0.625. The SMILES string of the molecule is CCn1nc(C)c(S(=O)(=O)NC[C@H](C)Cn2nc(C(F)(F)F)cc2C)c1C. The molecule has 2 aromatic rings. The van der Waals surface area contributed by atoms with Gasteiger partial charge in [0.05, 0.1) is 11.4 Å². The average molecular weight is 407 g/mol. The topological polar surface area (TPSA) is 81.8 Å². The molecule has 27 heavy (non-hydrogen) atoms. The van der Waals surface area contributed by atoms with Crippen LogP contribution in [0.3, 0.4) is 0 Å². The van der Waals surface area contributed by atoms with Crippen molar-refractivity contribution in [1.82, 2.24) is 24.3 Å². The van der Waals surface area contributed by atoms with Crippen molar-refractivity contribution in [3.05, 3.63) is 28.8 Å². The van der Waals surface area contributed by atoms with Crippen LogP contribution in [-0.4, -0.2) is 34.5 Å². The van der Waals surface area contributed by atoms with Gasteiger partial charge < -0.3 is 0 Å². The molecule has 0 radical (unpaired) electrons. The van der Waals surface area contributed by atoms with Gasteiger partial charge in [0, 0.05) is 25.3 Å². The number of hydrogen-bond donors (Lipinski definition) is 1. The van der Waals surface area contributed by atoms with Crippen LogP contribution in [-0.2, 0) is 29.3 Å². The van der Waals surface area contributed by atoms with Crippen LogP contribution in [0.5, 0.6) is 0 Å². The third-order valence-electron chi connectivity index (χ3n) is 4.26. The van der Waals surface area contributed by atoms with E-state index in [4.69, 9.17) is 0 Å². The number of aromatic nitrogens is 4. The lowest BCUT2D eigenvalue weighted by atomic mass is 10.2. The summed E-state index contributed by atoms with van der Waals surface area (Å²) in [5.74, 6) is -0.263. The number of halogens is 3. The molecule has 152 valence electrons. The van der Waals surface area contributed by atoms with Crippen molar-refractivity contribution < 1.29 is 21.6 Å². The molecule has 0 bridgehead atoms. The van der Waals surface area contributed by atoms with Gasteiger partial charge in [0.2, 0.25) is 10.0 Å². The van der Waals surface area contributed by atoms with Crippen molar-refractivity contribution in [1.29, 1.82) is 0 Å². The van der Waals surface area contributed by atoms with Crippen molar-refractivity contribution in [2.24, 2.45) is 5.92 Å². The molecular formula is C16H24F3N5O2S. The highest BCUT2D eigenvalue weighted by Gasteiger charge is 2.34. The molecule has 2 rings (SSSR count). The van der Waals surface area contributed by atoms with Gasteiger partial charge in [-0.25, -0.2) is 13.1 Å². The number of nitrogens with one attached hydrogen (secondary N) is 1. The second kappa shape index (κ2) is 7.63. The fourth-order valence-corrected chi connectivity index (χ4v) is 4.47. The summed E-state index contributed by atoms with van der Waals surface area (Å²) in [6, 6.07) is 0.975. The summed E-state index contributed by atoms with van der Waals surface area (Å²) in [7, 11) is -3.77. The summed E-state index contributed by atoms with van der Waals surface area (Å²) in [5.41, 5.74) is 0.374. The van der Waals surface area contributed by atoms with E-state index >= 15 is 0 Å². The Labute approximate surface area is 156 Å². The second-order valence-corrected chi connectivity index (χ2v) is 8.33. The van der Waals surface area contributed by atoms with E-state index in [9.17, 15) is 21.6 Å². The molecule has 0 aliphatic heterocycles. The molecule has 2 heterocycles. The normalized spacial score (nSPS) is 13.9. The molecule has 0 aliphatic rings. The Kier molecular flexibility index (Phi) is 6.05. The molecule has 1 N–H and O–H groups in total. The van der Waals surface area contributed by atoms with Crippen molar-refractivity contribution in [2.45, 2.75) is 58.8 Å². The Balaban J connectivity index is 2.08. The zero-order valence-electron chi connectivity index (χ0n) is 15.9. The zero-order valence-corrected chi connectivity index (χ0v) is 16.7. The highest BCUT2D eigenvalue weighted by molar-refractivity contribution is 7.89. The average Bonchev–Trinajstić information content (AvgIpc) is 3.05. The van der Waals surface area contributed by atoms with Gasteiger partial charge in [0.1, 0.15) is 4.90 Å². The van der Waals surface area contributed by atoms with Crippen LogP contribution in [0.2, 0.25) is 0 Å². The highest BCUT2D eigenvalue weighted by Crippen LogP contribution is 2.28. The molecule has 0 aliphatic carbocycles. The van der Waals surface area contributed by atoms with Crippen LogP contribution in [0, 0.1) is 26.7 Å². The van der Waals surface area contributed by atoms with Crippen molar-refractivity contribution in [3.63, 3.8) is 0 Å². The number of aryl methyl sites for hydroxylation is 3. The quantitative estimate of drug-likeness (QED) is 0.765. The second-order valence-electron chi connectivity index (χ2n) is 6.62. The number of hydrogen-bond acceptors (Lipinski definition) is 4. The van der Waals surface area contributed by atoms with Crippen LogP contribution in [0.15, 0.2) is 11.0 Å².